The first-order valence-corrected chi connectivity index (χ1v) is 10.0. The van der Waals surface area contributed by atoms with Crippen LogP contribution in [0.25, 0.3) is 6.08 Å². The molecule has 0 aromatic heterocycles. The molecule has 2 atom stereocenters. The van der Waals surface area contributed by atoms with E-state index >= 15 is 0 Å². The van der Waals surface area contributed by atoms with Gasteiger partial charge in [-0.3, -0.25) is 4.79 Å². The van der Waals surface area contributed by atoms with Crippen molar-refractivity contribution in [3.05, 3.63) is 65.2 Å². The number of phenols is 1. The molecule has 0 fully saturated rings. The lowest BCUT2D eigenvalue weighted by Gasteiger charge is -2.20. The third-order valence-corrected chi connectivity index (χ3v) is 4.61. The molecule has 0 aliphatic carbocycles. The molecule has 158 valence electrons. The lowest BCUT2D eigenvalue weighted by Crippen LogP contribution is -2.23. The number of phenolic OH excluding ortho intramolecular Hbond substituents is 1. The van der Waals surface area contributed by atoms with Crippen molar-refractivity contribution in [3.63, 3.8) is 0 Å². The largest absolute Gasteiger partial charge is 0.508 e. The maximum atomic E-state index is 12.9. The Hall–Kier alpha value is -3.28. The molecule has 2 aromatic carbocycles. The van der Waals surface area contributed by atoms with Crippen LogP contribution >= 0.6 is 0 Å². The molecular weight excluding hydrogens is 384 g/mol. The molecule has 0 bridgehead atoms. The van der Waals surface area contributed by atoms with E-state index in [0.717, 1.165) is 17.5 Å². The second-order valence-electron chi connectivity index (χ2n) is 7.39. The SMILES string of the molecule is CCCOC(=O)/C=C/c1ccc2c(c1)[C@@H](C(=O)OC(C)C)[C@H](c1ccc(O)cc1)O2. The van der Waals surface area contributed by atoms with Crippen LogP contribution in [-0.2, 0) is 19.1 Å². The van der Waals surface area contributed by atoms with Crippen LogP contribution in [0, 0.1) is 0 Å². The first-order valence-electron chi connectivity index (χ1n) is 10.0. The number of aromatic hydroxyl groups is 1. The molecule has 6 nitrogen and oxygen atoms in total. The lowest BCUT2D eigenvalue weighted by molar-refractivity contribution is -0.151. The number of hydrogen-bond acceptors (Lipinski definition) is 6. The average molecular weight is 410 g/mol. The molecule has 0 unspecified atom stereocenters. The van der Waals surface area contributed by atoms with Gasteiger partial charge in [-0.1, -0.05) is 25.1 Å². The monoisotopic (exact) mass is 410 g/mol. The summed E-state index contributed by atoms with van der Waals surface area (Å²) in [6.45, 7) is 5.90. The van der Waals surface area contributed by atoms with Crippen molar-refractivity contribution >= 4 is 18.0 Å². The molecule has 0 saturated heterocycles. The third-order valence-electron chi connectivity index (χ3n) is 4.61. The van der Waals surface area contributed by atoms with Crippen LogP contribution in [0.5, 0.6) is 11.5 Å². The number of carbonyl (C=O) groups is 2. The molecule has 0 spiro atoms. The van der Waals surface area contributed by atoms with Crippen molar-refractivity contribution in [2.45, 2.75) is 45.3 Å². The number of ether oxygens (including phenoxy) is 3. The van der Waals surface area contributed by atoms with Gasteiger partial charge in [-0.15, -0.1) is 0 Å². The smallest absolute Gasteiger partial charge is 0.330 e. The molecule has 30 heavy (non-hydrogen) atoms. The molecule has 2 aromatic rings. The highest BCUT2D eigenvalue weighted by Gasteiger charge is 2.42. The van der Waals surface area contributed by atoms with Gasteiger partial charge in [-0.05, 0) is 61.7 Å². The molecular formula is C24H26O6. The van der Waals surface area contributed by atoms with Crippen LogP contribution in [0.3, 0.4) is 0 Å². The minimum Gasteiger partial charge on any atom is -0.508 e. The zero-order valence-electron chi connectivity index (χ0n) is 17.3. The number of benzene rings is 2. The molecule has 0 radical (unpaired) electrons. The van der Waals surface area contributed by atoms with E-state index in [1.54, 1.807) is 50.3 Å². The predicted octanol–water partition coefficient (Wildman–Crippen LogP) is 4.53. The quantitative estimate of drug-likeness (QED) is 0.534. The maximum absolute atomic E-state index is 12.9. The number of rotatable bonds is 7. The highest BCUT2D eigenvalue weighted by molar-refractivity contribution is 5.87. The topological polar surface area (TPSA) is 82.1 Å². The minimum absolute atomic E-state index is 0.137. The van der Waals surface area contributed by atoms with E-state index in [0.29, 0.717) is 17.9 Å². The minimum atomic E-state index is -0.660. The normalized spacial score (nSPS) is 17.6. The Kier molecular flexibility index (Phi) is 6.77. The van der Waals surface area contributed by atoms with E-state index in [-0.39, 0.29) is 17.8 Å². The first-order chi connectivity index (χ1) is 14.4. The highest BCUT2D eigenvalue weighted by Crippen LogP contribution is 2.47. The first kappa shape index (κ1) is 21.4. The third kappa shape index (κ3) is 5.00. The second kappa shape index (κ2) is 9.48. The van der Waals surface area contributed by atoms with Crippen molar-refractivity contribution < 1.29 is 28.9 Å². The van der Waals surface area contributed by atoms with E-state index in [1.807, 2.05) is 19.1 Å². The molecule has 0 saturated carbocycles. The summed E-state index contributed by atoms with van der Waals surface area (Å²) >= 11 is 0. The fourth-order valence-corrected chi connectivity index (χ4v) is 3.28. The molecule has 0 amide bonds. The zero-order valence-corrected chi connectivity index (χ0v) is 17.3. The van der Waals surface area contributed by atoms with Gasteiger partial charge in [-0.25, -0.2) is 4.79 Å². The van der Waals surface area contributed by atoms with Gasteiger partial charge in [0.15, 0.2) is 0 Å². The van der Waals surface area contributed by atoms with Gasteiger partial charge in [0.2, 0.25) is 0 Å². The van der Waals surface area contributed by atoms with Gasteiger partial charge in [0.25, 0.3) is 0 Å². The van der Waals surface area contributed by atoms with Crippen molar-refractivity contribution in [1.29, 1.82) is 0 Å². The Balaban J connectivity index is 1.91. The Morgan fingerprint density at radius 1 is 1.17 bits per heavy atom. The Bertz CT molecular complexity index is 929. The fourth-order valence-electron chi connectivity index (χ4n) is 3.28. The van der Waals surface area contributed by atoms with Crippen LogP contribution in [0.4, 0.5) is 0 Å². The zero-order chi connectivity index (χ0) is 21.7. The van der Waals surface area contributed by atoms with Crippen LogP contribution < -0.4 is 4.74 Å². The summed E-state index contributed by atoms with van der Waals surface area (Å²) < 4.78 is 16.6. The Morgan fingerprint density at radius 3 is 2.57 bits per heavy atom. The molecule has 3 rings (SSSR count). The molecule has 1 N–H and O–H groups in total. The maximum Gasteiger partial charge on any atom is 0.330 e. The summed E-state index contributed by atoms with van der Waals surface area (Å²) in [5.74, 6) is -0.730. The van der Waals surface area contributed by atoms with Crippen LogP contribution in [-0.4, -0.2) is 29.8 Å². The standard InChI is InChI=1S/C24H26O6/c1-4-13-28-21(26)12-6-16-5-11-20-19(14-16)22(24(27)29-15(2)3)23(30-20)17-7-9-18(25)10-8-17/h5-12,14-15,22-23,25H,4,13H2,1-3H3/b12-6+/t22-,23+/m1/s1. The van der Waals surface area contributed by atoms with Gasteiger partial charge in [0.1, 0.15) is 23.5 Å². The van der Waals surface area contributed by atoms with E-state index in [1.165, 1.54) is 6.08 Å². The van der Waals surface area contributed by atoms with Crippen LogP contribution in [0.15, 0.2) is 48.5 Å². The van der Waals surface area contributed by atoms with Crippen LogP contribution in [0.2, 0.25) is 0 Å². The van der Waals surface area contributed by atoms with E-state index in [4.69, 9.17) is 14.2 Å². The number of hydrogen-bond donors (Lipinski definition) is 1. The van der Waals surface area contributed by atoms with Gasteiger partial charge >= 0.3 is 11.9 Å². The van der Waals surface area contributed by atoms with Gasteiger partial charge in [0, 0.05) is 11.6 Å². The average Bonchev–Trinajstić information content (AvgIpc) is 3.09. The van der Waals surface area contributed by atoms with E-state index < -0.39 is 18.0 Å². The summed E-state index contributed by atoms with van der Waals surface area (Å²) in [7, 11) is 0. The van der Waals surface area contributed by atoms with E-state index in [2.05, 4.69) is 0 Å². The van der Waals surface area contributed by atoms with Crippen molar-refractivity contribution in [2.75, 3.05) is 6.61 Å². The molecule has 1 heterocycles. The van der Waals surface area contributed by atoms with Crippen molar-refractivity contribution in [3.8, 4) is 11.5 Å². The van der Waals surface area contributed by atoms with Gasteiger partial charge in [-0.2, -0.15) is 0 Å². The Morgan fingerprint density at radius 2 is 1.90 bits per heavy atom. The van der Waals surface area contributed by atoms with Gasteiger partial charge < -0.3 is 19.3 Å². The fraction of sp³-hybridized carbons (Fsp3) is 0.333. The second-order valence-corrected chi connectivity index (χ2v) is 7.39. The van der Waals surface area contributed by atoms with E-state index in [9.17, 15) is 14.7 Å². The molecule has 1 aliphatic rings. The Labute approximate surface area is 176 Å². The molecule has 1 aliphatic heterocycles. The van der Waals surface area contributed by atoms with Crippen molar-refractivity contribution in [2.24, 2.45) is 0 Å². The summed E-state index contributed by atoms with van der Waals surface area (Å²) in [6.07, 6.45) is 2.94. The summed E-state index contributed by atoms with van der Waals surface area (Å²) in [6, 6.07) is 12.0. The summed E-state index contributed by atoms with van der Waals surface area (Å²) in [5.41, 5.74) is 2.21. The number of esters is 2. The summed E-state index contributed by atoms with van der Waals surface area (Å²) in [5, 5.41) is 9.58. The predicted molar refractivity (Wildman–Crippen MR) is 112 cm³/mol. The molecule has 6 heteroatoms. The number of carbonyl (C=O) groups excluding carboxylic acids is 2. The van der Waals surface area contributed by atoms with Crippen molar-refractivity contribution in [1.82, 2.24) is 0 Å². The highest BCUT2D eigenvalue weighted by atomic mass is 16.6. The van der Waals surface area contributed by atoms with Gasteiger partial charge in [0.05, 0.1) is 12.7 Å². The number of fused-ring (bicyclic) bond motifs is 1. The summed E-state index contributed by atoms with van der Waals surface area (Å²) in [4.78, 5) is 24.7. The van der Waals surface area contributed by atoms with Crippen LogP contribution in [0.1, 0.15) is 55.9 Å². The lowest BCUT2D eigenvalue weighted by atomic mass is 9.90.